The number of carbonyl (C=O) groups excluding carboxylic acids is 1. The van der Waals surface area contributed by atoms with Crippen molar-refractivity contribution in [3.05, 3.63) is 84.4 Å². The van der Waals surface area contributed by atoms with E-state index in [9.17, 15) is 13.2 Å². The van der Waals surface area contributed by atoms with Gasteiger partial charge in [-0.05, 0) is 56.3 Å². The molecule has 3 aromatic rings. The maximum atomic E-state index is 13.4. The molecular weight excluding hydrogens is 440 g/mol. The first-order valence-electron chi connectivity index (χ1n) is 10.6. The molecular formula is C25H28N2O5S. The number of methoxy groups -OCH3 is 1. The van der Waals surface area contributed by atoms with E-state index < -0.39 is 15.9 Å². The van der Waals surface area contributed by atoms with Crippen LogP contribution >= 0.6 is 0 Å². The fourth-order valence-electron chi connectivity index (χ4n) is 3.43. The summed E-state index contributed by atoms with van der Waals surface area (Å²) in [6.45, 7) is 3.80. The lowest BCUT2D eigenvalue weighted by Gasteiger charge is -2.25. The van der Waals surface area contributed by atoms with Crippen LogP contribution in [0.2, 0.25) is 0 Å². The molecule has 0 radical (unpaired) electrons. The first-order chi connectivity index (χ1) is 15.9. The van der Waals surface area contributed by atoms with Crippen molar-refractivity contribution in [1.82, 2.24) is 5.32 Å². The van der Waals surface area contributed by atoms with Crippen molar-refractivity contribution in [2.45, 2.75) is 24.8 Å². The lowest BCUT2D eigenvalue weighted by atomic mass is 10.1. The summed E-state index contributed by atoms with van der Waals surface area (Å²) in [4.78, 5) is 13.1. The molecule has 3 aromatic carbocycles. The van der Waals surface area contributed by atoms with E-state index in [-0.39, 0.29) is 17.5 Å². The van der Waals surface area contributed by atoms with Crippen LogP contribution in [0.15, 0.2) is 83.8 Å². The molecule has 3 rings (SSSR count). The average Bonchev–Trinajstić information content (AvgIpc) is 2.83. The van der Waals surface area contributed by atoms with Gasteiger partial charge in [-0.25, -0.2) is 8.42 Å². The van der Waals surface area contributed by atoms with Gasteiger partial charge in [0.1, 0.15) is 18.0 Å². The summed E-state index contributed by atoms with van der Waals surface area (Å²) in [5.74, 6) is 0.819. The quantitative estimate of drug-likeness (QED) is 0.483. The van der Waals surface area contributed by atoms with E-state index in [0.717, 1.165) is 9.87 Å². The van der Waals surface area contributed by atoms with Gasteiger partial charge in [-0.3, -0.25) is 9.10 Å². The summed E-state index contributed by atoms with van der Waals surface area (Å²) in [5.41, 5.74) is 1.16. The zero-order valence-electron chi connectivity index (χ0n) is 18.9. The van der Waals surface area contributed by atoms with Gasteiger partial charge in [0.2, 0.25) is 5.91 Å². The topological polar surface area (TPSA) is 84.9 Å². The smallest absolute Gasteiger partial charge is 0.264 e. The molecule has 1 amide bonds. The first kappa shape index (κ1) is 24.1. The van der Waals surface area contributed by atoms with E-state index in [1.54, 1.807) is 49.6 Å². The molecule has 0 bridgehead atoms. The second-order valence-electron chi connectivity index (χ2n) is 7.28. The number of ether oxygens (including phenoxy) is 2. The molecule has 0 unspecified atom stereocenters. The van der Waals surface area contributed by atoms with E-state index >= 15 is 0 Å². The number of hydrogen-bond acceptors (Lipinski definition) is 5. The summed E-state index contributed by atoms with van der Waals surface area (Å²) >= 11 is 0. The number of rotatable bonds is 10. The Morgan fingerprint density at radius 2 is 1.61 bits per heavy atom. The van der Waals surface area contributed by atoms with E-state index in [1.807, 2.05) is 38.1 Å². The van der Waals surface area contributed by atoms with Gasteiger partial charge < -0.3 is 14.8 Å². The highest BCUT2D eigenvalue weighted by Crippen LogP contribution is 2.27. The van der Waals surface area contributed by atoms with Gasteiger partial charge in [-0.2, -0.15) is 0 Å². The third kappa shape index (κ3) is 5.84. The molecule has 0 heterocycles. The highest BCUT2D eigenvalue weighted by Gasteiger charge is 2.28. The number of nitrogens with zero attached hydrogens (tertiary/aromatic N) is 1. The van der Waals surface area contributed by atoms with Crippen molar-refractivity contribution in [2.24, 2.45) is 0 Å². The number of benzene rings is 3. The van der Waals surface area contributed by atoms with E-state index in [0.29, 0.717) is 23.8 Å². The molecule has 1 atom stereocenters. The third-order valence-corrected chi connectivity index (χ3v) is 6.83. The normalized spacial score (nSPS) is 12.0. The van der Waals surface area contributed by atoms with E-state index in [1.165, 1.54) is 12.1 Å². The summed E-state index contributed by atoms with van der Waals surface area (Å²) in [5, 5.41) is 2.88. The summed E-state index contributed by atoms with van der Waals surface area (Å²) in [6, 6.07) is 21.6. The molecule has 8 heteroatoms. The Morgan fingerprint density at radius 3 is 2.24 bits per heavy atom. The fourth-order valence-corrected chi connectivity index (χ4v) is 4.87. The second-order valence-corrected chi connectivity index (χ2v) is 9.15. The molecule has 0 spiro atoms. The van der Waals surface area contributed by atoms with E-state index in [2.05, 4.69) is 5.32 Å². The van der Waals surface area contributed by atoms with Crippen molar-refractivity contribution in [1.29, 1.82) is 0 Å². The van der Waals surface area contributed by atoms with Crippen LogP contribution in [0.3, 0.4) is 0 Å². The van der Waals surface area contributed by atoms with Crippen LogP contribution in [-0.4, -0.2) is 34.6 Å². The molecule has 0 saturated carbocycles. The zero-order valence-corrected chi connectivity index (χ0v) is 19.7. The zero-order chi connectivity index (χ0) is 23.8. The minimum absolute atomic E-state index is 0.101. The van der Waals surface area contributed by atoms with Crippen LogP contribution in [0.1, 0.15) is 25.5 Å². The predicted octanol–water partition coefficient (Wildman–Crippen LogP) is 4.17. The Hall–Kier alpha value is -3.52. The molecule has 0 fully saturated rings. The van der Waals surface area contributed by atoms with Gasteiger partial charge in [0.25, 0.3) is 10.0 Å². The fraction of sp³-hybridized carbons (Fsp3) is 0.240. The molecule has 174 valence electrons. The Kier molecular flexibility index (Phi) is 7.95. The second kappa shape index (κ2) is 10.9. The highest BCUT2D eigenvalue weighted by atomic mass is 32.2. The molecule has 0 saturated heterocycles. The van der Waals surface area contributed by atoms with Gasteiger partial charge in [0.15, 0.2) is 0 Å². The van der Waals surface area contributed by atoms with Gasteiger partial charge in [0.05, 0.1) is 30.3 Å². The maximum Gasteiger partial charge on any atom is 0.264 e. The first-order valence-corrected chi connectivity index (χ1v) is 12.0. The minimum Gasteiger partial charge on any atom is -0.496 e. The lowest BCUT2D eigenvalue weighted by Crippen LogP contribution is -2.41. The highest BCUT2D eigenvalue weighted by molar-refractivity contribution is 7.92. The van der Waals surface area contributed by atoms with Crippen LogP contribution in [0.5, 0.6) is 11.5 Å². The molecule has 1 N–H and O–H groups in total. The van der Waals surface area contributed by atoms with Gasteiger partial charge in [0, 0.05) is 5.56 Å². The number of carbonyl (C=O) groups is 1. The maximum absolute atomic E-state index is 13.4. The monoisotopic (exact) mass is 468 g/mol. The van der Waals surface area contributed by atoms with Crippen LogP contribution in [0.4, 0.5) is 5.69 Å². The summed E-state index contributed by atoms with van der Waals surface area (Å²) < 4.78 is 38.8. The third-order valence-electron chi connectivity index (χ3n) is 5.04. The number of para-hydroxylation sites is 1. The van der Waals surface area contributed by atoms with Gasteiger partial charge in [-0.15, -0.1) is 0 Å². The average molecular weight is 469 g/mol. The standard InChI is InChI=1S/C25H28N2O5S/c1-4-32-21-16-14-20(15-17-21)27(33(29,30)22-10-6-5-7-11-22)18-25(28)26-19(2)23-12-8-9-13-24(23)31-3/h5-17,19H,4,18H2,1-3H3,(H,26,28)/t19-/m0/s1. The molecule has 0 aliphatic carbocycles. The van der Waals surface area contributed by atoms with Crippen molar-refractivity contribution in [3.63, 3.8) is 0 Å². The van der Waals surface area contributed by atoms with Crippen molar-refractivity contribution >= 4 is 21.6 Å². The SMILES string of the molecule is CCOc1ccc(N(CC(=O)N[C@@H](C)c2ccccc2OC)S(=O)(=O)c2ccccc2)cc1. The van der Waals surface area contributed by atoms with Crippen molar-refractivity contribution < 1.29 is 22.7 Å². The largest absolute Gasteiger partial charge is 0.496 e. The number of hydrogen-bond donors (Lipinski definition) is 1. The summed E-state index contributed by atoms with van der Waals surface area (Å²) in [7, 11) is -2.42. The predicted molar refractivity (Wildman–Crippen MR) is 128 cm³/mol. The van der Waals surface area contributed by atoms with Crippen molar-refractivity contribution in [2.75, 3.05) is 24.6 Å². The molecule has 0 aromatic heterocycles. The number of anilines is 1. The lowest BCUT2D eigenvalue weighted by molar-refractivity contribution is -0.120. The Balaban J connectivity index is 1.88. The van der Waals surface area contributed by atoms with E-state index in [4.69, 9.17) is 9.47 Å². The van der Waals surface area contributed by atoms with Crippen LogP contribution in [-0.2, 0) is 14.8 Å². The Labute approximate surface area is 195 Å². The number of nitrogens with one attached hydrogen (secondary N) is 1. The Morgan fingerprint density at radius 1 is 0.970 bits per heavy atom. The number of sulfonamides is 1. The number of amides is 1. The molecule has 0 aliphatic rings. The summed E-state index contributed by atoms with van der Waals surface area (Å²) in [6.07, 6.45) is 0. The molecule has 33 heavy (non-hydrogen) atoms. The molecule has 7 nitrogen and oxygen atoms in total. The van der Waals surface area contributed by atoms with Crippen molar-refractivity contribution in [3.8, 4) is 11.5 Å². The van der Waals surface area contributed by atoms with Gasteiger partial charge in [-0.1, -0.05) is 36.4 Å². The van der Waals surface area contributed by atoms with Crippen LogP contribution in [0.25, 0.3) is 0 Å². The van der Waals surface area contributed by atoms with Crippen LogP contribution in [0, 0.1) is 0 Å². The molecule has 0 aliphatic heterocycles. The van der Waals surface area contributed by atoms with Gasteiger partial charge >= 0.3 is 0 Å². The Bertz CT molecular complexity index is 1160. The van der Waals surface area contributed by atoms with Crippen LogP contribution < -0.4 is 19.1 Å². The minimum atomic E-state index is -3.98.